The highest BCUT2D eigenvalue weighted by Crippen LogP contribution is 2.13. The van der Waals surface area contributed by atoms with E-state index in [0.29, 0.717) is 11.1 Å². The maximum Gasteiger partial charge on any atom is 0.408 e. The van der Waals surface area contributed by atoms with Crippen molar-refractivity contribution in [2.24, 2.45) is 0 Å². The molecule has 0 saturated carbocycles. The number of carbonyl (C=O) groups excluding carboxylic acids is 5. The minimum absolute atomic E-state index is 0.0746. The third-order valence-corrected chi connectivity index (χ3v) is 6.51. The SMILES string of the molecule is COC(=O)/C(=C\c1ccc(C(=O)OC)cc1)NC(=O)[C@H](Cc1ccccc1)NC(=O)[C@H](Cc1ccccc1)NC(=O)OC(C)(C)C. The van der Waals surface area contributed by atoms with Crippen molar-refractivity contribution in [2.45, 2.75) is 51.3 Å². The average Bonchev–Trinajstić information content (AvgIpc) is 3.03. The molecule has 0 bridgehead atoms. The zero-order valence-electron chi connectivity index (χ0n) is 26.5. The second kappa shape index (κ2) is 16.6. The lowest BCUT2D eigenvalue weighted by Gasteiger charge is -2.25. The minimum Gasteiger partial charge on any atom is -0.465 e. The van der Waals surface area contributed by atoms with Crippen LogP contribution in [0, 0.1) is 0 Å². The molecule has 3 rings (SSSR count). The molecule has 0 aliphatic carbocycles. The highest BCUT2D eigenvalue weighted by Gasteiger charge is 2.30. The van der Waals surface area contributed by atoms with E-state index in [-0.39, 0.29) is 18.5 Å². The first-order valence-corrected chi connectivity index (χ1v) is 14.6. The number of carbonyl (C=O) groups is 5. The second-order valence-corrected chi connectivity index (χ2v) is 11.3. The topological polar surface area (TPSA) is 149 Å². The highest BCUT2D eigenvalue weighted by molar-refractivity contribution is 6.00. The van der Waals surface area contributed by atoms with Crippen LogP contribution in [0.25, 0.3) is 6.08 Å². The van der Waals surface area contributed by atoms with Gasteiger partial charge in [0, 0.05) is 12.8 Å². The zero-order chi connectivity index (χ0) is 33.7. The van der Waals surface area contributed by atoms with E-state index in [4.69, 9.17) is 14.2 Å². The van der Waals surface area contributed by atoms with Crippen LogP contribution in [0.15, 0.2) is 90.6 Å². The Balaban J connectivity index is 1.90. The van der Waals surface area contributed by atoms with E-state index in [0.717, 1.165) is 11.1 Å². The van der Waals surface area contributed by atoms with E-state index in [1.807, 2.05) is 36.4 Å². The molecule has 3 N–H and O–H groups in total. The van der Waals surface area contributed by atoms with Gasteiger partial charge >= 0.3 is 18.0 Å². The Morgan fingerprint density at radius 3 is 1.70 bits per heavy atom. The molecule has 0 aliphatic rings. The number of ether oxygens (including phenoxy) is 3. The largest absolute Gasteiger partial charge is 0.465 e. The van der Waals surface area contributed by atoms with Gasteiger partial charge in [-0.3, -0.25) is 9.59 Å². The fourth-order valence-corrected chi connectivity index (χ4v) is 4.32. The van der Waals surface area contributed by atoms with Gasteiger partial charge in [0.1, 0.15) is 23.4 Å². The normalized spacial score (nSPS) is 12.6. The molecule has 0 heterocycles. The number of nitrogens with one attached hydrogen (secondary N) is 3. The van der Waals surface area contributed by atoms with E-state index >= 15 is 0 Å². The molecule has 0 fully saturated rings. The summed E-state index contributed by atoms with van der Waals surface area (Å²) >= 11 is 0. The molecule has 0 radical (unpaired) electrons. The van der Waals surface area contributed by atoms with Crippen LogP contribution in [0.2, 0.25) is 0 Å². The van der Waals surface area contributed by atoms with Gasteiger partial charge in [-0.1, -0.05) is 72.8 Å². The molecular weight excluding hydrogens is 590 g/mol. The fraction of sp³-hybridized carbons (Fsp3) is 0.286. The Bertz CT molecular complexity index is 1530. The van der Waals surface area contributed by atoms with Crippen LogP contribution < -0.4 is 16.0 Å². The van der Waals surface area contributed by atoms with Crippen LogP contribution in [-0.2, 0) is 41.4 Å². The third kappa shape index (κ3) is 11.2. The van der Waals surface area contributed by atoms with Crippen molar-refractivity contribution >= 4 is 35.9 Å². The summed E-state index contributed by atoms with van der Waals surface area (Å²) in [6, 6.07) is 22.0. The molecule has 3 aromatic rings. The highest BCUT2D eigenvalue weighted by atomic mass is 16.6. The predicted octanol–water partition coefficient (Wildman–Crippen LogP) is 3.97. The van der Waals surface area contributed by atoms with E-state index in [1.54, 1.807) is 57.2 Å². The monoisotopic (exact) mass is 629 g/mol. The Morgan fingerprint density at radius 2 is 1.22 bits per heavy atom. The lowest BCUT2D eigenvalue weighted by Crippen LogP contribution is -2.55. The minimum atomic E-state index is -1.16. The maximum absolute atomic E-state index is 13.7. The molecule has 11 heteroatoms. The van der Waals surface area contributed by atoms with Crippen molar-refractivity contribution in [3.05, 3.63) is 113 Å². The molecule has 0 spiro atoms. The summed E-state index contributed by atoms with van der Waals surface area (Å²) < 4.78 is 15.0. The lowest BCUT2D eigenvalue weighted by atomic mass is 10.0. The summed E-state index contributed by atoms with van der Waals surface area (Å²) in [7, 11) is 2.44. The molecule has 3 amide bonds. The van der Waals surface area contributed by atoms with E-state index in [2.05, 4.69) is 16.0 Å². The van der Waals surface area contributed by atoms with Gasteiger partial charge in [-0.15, -0.1) is 0 Å². The van der Waals surface area contributed by atoms with Gasteiger partial charge in [0.05, 0.1) is 19.8 Å². The summed E-state index contributed by atoms with van der Waals surface area (Å²) in [5.74, 6) is -2.68. The van der Waals surface area contributed by atoms with Crippen LogP contribution >= 0.6 is 0 Å². The first-order chi connectivity index (χ1) is 21.9. The van der Waals surface area contributed by atoms with Crippen molar-refractivity contribution in [3.63, 3.8) is 0 Å². The van der Waals surface area contributed by atoms with Crippen LogP contribution in [-0.4, -0.2) is 61.8 Å². The Hall–Kier alpha value is -5.45. The molecule has 0 aliphatic heterocycles. The number of methoxy groups -OCH3 is 2. The summed E-state index contributed by atoms with van der Waals surface area (Å²) in [6.07, 6.45) is 0.793. The van der Waals surface area contributed by atoms with Gasteiger partial charge < -0.3 is 30.2 Å². The summed E-state index contributed by atoms with van der Waals surface area (Å²) in [5, 5.41) is 7.96. The first-order valence-electron chi connectivity index (χ1n) is 14.6. The van der Waals surface area contributed by atoms with Crippen molar-refractivity contribution in [1.82, 2.24) is 16.0 Å². The van der Waals surface area contributed by atoms with Gasteiger partial charge in [0.25, 0.3) is 0 Å². The summed E-state index contributed by atoms with van der Waals surface area (Å²) in [6.45, 7) is 5.12. The molecule has 0 unspecified atom stereocenters. The van der Waals surface area contributed by atoms with Gasteiger partial charge in [0.2, 0.25) is 11.8 Å². The quantitative estimate of drug-likeness (QED) is 0.155. The van der Waals surface area contributed by atoms with Crippen molar-refractivity contribution in [1.29, 1.82) is 0 Å². The zero-order valence-corrected chi connectivity index (χ0v) is 26.5. The Morgan fingerprint density at radius 1 is 0.696 bits per heavy atom. The smallest absolute Gasteiger partial charge is 0.408 e. The molecule has 3 aromatic carbocycles. The van der Waals surface area contributed by atoms with Gasteiger partial charge in [-0.25, -0.2) is 14.4 Å². The molecule has 0 saturated heterocycles. The van der Waals surface area contributed by atoms with Crippen molar-refractivity contribution < 1.29 is 38.2 Å². The van der Waals surface area contributed by atoms with E-state index < -0.39 is 47.5 Å². The Labute approximate surface area is 268 Å². The lowest BCUT2D eigenvalue weighted by molar-refractivity contribution is -0.138. The average molecular weight is 630 g/mol. The second-order valence-electron chi connectivity index (χ2n) is 11.3. The van der Waals surface area contributed by atoms with E-state index in [9.17, 15) is 24.0 Å². The van der Waals surface area contributed by atoms with E-state index in [1.165, 1.54) is 32.4 Å². The fourth-order valence-electron chi connectivity index (χ4n) is 4.32. The number of amides is 3. The molecule has 0 aromatic heterocycles. The molecule has 242 valence electrons. The Kier molecular flexibility index (Phi) is 12.6. The predicted molar refractivity (Wildman–Crippen MR) is 171 cm³/mol. The van der Waals surface area contributed by atoms with Crippen LogP contribution in [0.3, 0.4) is 0 Å². The number of hydrogen-bond acceptors (Lipinski definition) is 8. The van der Waals surface area contributed by atoms with Gasteiger partial charge in [-0.2, -0.15) is 0 Å². The first kappa shape index (κ1) is 35.0. The van der Waals surface area contributed by atoms with Crippen LogP contribution in [0.5, 0.6) is 0 Å². The summed E-state index contributed by atoms with van der Waals surface area (Å²) in [5.41, 5.74) is 1.31. The standard InChI is InChI=1S/C35H39N3O8/c1-35(2,3)46-34(43)38-28(21-24-14-10-7-11-15-24)31(40)36-27(20-23-12-8-6-9-13-23)30(39)37-29(33(42)45-5)22-25-16-18-26(19-17-25)32(41)44-4/h6-19,22,27-28H,20-21H2,1-5H3,(H,36,40)(H,37,39)(H,38,43)/b29-22+/t27-,28-/m0/s1. The maximum atomic E-state index is 13.7. The number of alkyl carbamates (subject to hydrolysis) is 1. The molecule has 46 heavy (non-hydrogen) atoms. The molecular formula is C35H39N3O8. The number of benzene rings is 3. The number of hydrogen-bond donors (Lipinski definition) is 3. The number of rotatable bonds is 12. The van der Waals surface area contributed by atoms with Crippen LogP contribution in [0.4, 0.5) is 4.79 Å². The summed E-state index contributed by atoms with van der Waals surface area (Å²) in [4.78, 5) is 64.6. The molecule has 11 nitrogen and oxygen atoms in total. The third-order valence-electron chi connectivity index (χ3n) is 6.51. The van der Waals surface area contributed by atoms with Crippen molar-refractivity contribution in [3.8, 4) is 0 Å². The van der Waals surface area contributed by atoms with Gasteiger partial charge in [-0.05, 0) is 55.7 Å². The van der Waals surface area contributed by atoms with Gasteiger partial charge in [0.15, 0.2) is 0 Å². The number of esters is 2. The van der Waals surface area contributed by atoms with Crippen molar-refractivity contribution in [2.75, 3.05) is 14.2 Å². The van der Waals surface area contributed by atoms with Crippen LogP contribution in [0.1, 0.15) is 47.8 Å². The molecule has 2 atom stereocenters.